The van der Waals surface area contributed by atoms with Gasteiger partial charge in [0, 0.05) is 0 Å². The molecule has 0 bridgehead atoms. The highest BCUT2D eigenvalue weighted by Gasteiger charge is 2.28. The van der Waals surface area contributed by atoms with Crippen LogP contribution in [0, 0.1) is 0 Å². The highest BCUT2D eigenvalue weighted by Crippen LogP contribution is 2.20. The molecule has 0 fully saturated rings. The van der Waals surface area contributed by atoms with Gasteiger partial charge in [-0.1, -0.05) is 12.1 Å². The summed E-state index contributed by atoms with van der Waals surface area (Å²) in [5, 5.41) is 7.12. The first-order valence-electron chi connectivity index (χ1n) is 4.67. The predicted octanol–water partition coefficient (Wildman–Crippen LogP) is 2.50. The van der Waals surface area contributed by atoms with Gasteiger partial charge in [-0.25, -0.2) is 4.68 Å². The van der Waals surface area contributed by atoms with Gasteiger partial charge in [0.05, 0.1) is 24.7 Å². The van der Waals surface area contributed by atoms with E-state index in [0.29, 0.717) is 12.1 Å². The zero-order valence-corrected chi connectivity index (χ0v) is 9.29. The first kappa shape index (κ1) is 13.2. The van der Waals surface area contributed by atoms with Gasteiger partial charge in [-0.2, -0.15) is 0 Å². The van der Waals surface area contributed by atoms with E-state index in [9.17, 15) is 13.2 Å². The molecule has 0 aromatic carbocycles. The largest absolute Gasteiger partial charge is 0.522 e. The number of rotatable bonds is 5. The summed E-state index contributed by atoms with van der Waals surface area (Å²) in [6.07, 6.45) is -2.41. The van der Waals surface area contributed by atoms with Gasteiger partial charge in [0.25, 0.3) is 0 Å². The molecule has 0 aliphatic heterocycles. The lowest BCUT2D eigenvalue weighted by Crippen LogP contribution is -2.17. The van der Waals surface area contributed by atoms with Crippen molar-refractivity contribution in [3.63, 3.8) is 0 Å². The zero-order chi connectivity index (χ0) is 12.2. The van der Waals surface area contributed by atoms with Crippen molar-refractivity contribution >= 4 is 11.6 Å². The van der Waals surface area contributed by atoms with E-state index in [0.717, 1.165) is 0 Å². The molecule has 1 heterocycles. The molecule has 1 unspecified atom stereocenters. The summed E-state index contributed by atoms with van der Waals surface area (Å²) in [5.41, 5.74) is 0.552. The maximum Gasteiger partial charge on any atom is 0.522 e. The molecule has 0 saturated heterocycles. The SMILES string of the molecule is CCC(Cl)c1cn(CCOC(F)(F)F)nn1. The van der Waals surface area contributed by atoms with Crippen molar-refractivity contribution in [2.24, 2.45) is 0 Å². The Labute approximate surface area is 95.3 Å². The van der Waals surface area contributed by atoms with E-state index in [2.05, 4.69) is 15.0 Å². The van der Waals surface area contributed by atoms with E-state index >= 15 is 0 Å². The molecule has 0 amide bonds. The van der Waals surface area contributed by atoms with Crippen LogP contribution < -0.4 is 0 Å². The first-order chi connectivity index (χ1) is 7.42. The Kier molecular flexibility index (Phi) is 4.55. The predicted molar refractivity (Wildman–Crippen MR) is 50.9 cm³/mol. The molecule has 0 spiro atoms. The van der Waals surface area contributed by atoms with Crippen LogP contribution in [-0.4, -0.2) is 28.0 Å². The lowest BCUT2D eigenvalue weighted by Gasteiger charge is -2.06. The van der Waals surface area contributed by atoms with Gasteiger partial charge in [-0.3, -0.25) is 4.74 Å². The average Bonchev–Trinajstić information content (AvgIpc) is 2.63. The number of ether oxygens (including phenoxy) is 1. The summed E-state index contributed by atoms with van der Waals surface area (Å²) >= 11 is 5.88. The third-order valence-corrected chi connectivity index (χ3v) is 2.35. The van der Waals surface area contributed by atoms with E-state index in [1.54, 1.807) is 0 Å². The summed E-state index contributed by atoms with van der Waals surface area (Å²) in [4.78, 5) is 0. The van der Waals surface area contributed by atoms with Gasteiger partial charge < -0.3 is 0 Å². The van der Waals surface area contributed by atoms with Gasteiger partial charge in [0.1, 0.15) is 5.69 Å². The van der Waals surface area contributed by atoms with Crippen molar-refractivity contribution < 1.29 is 17.9 Å². The van der Waals surface area contributed by atoms with Gasteiger partial charge in [0.2, 0.25) is 0 Å². The molecule has 8 heteroatoms. The molecule has 92 valence electrons. The molecule has 0 saturated carbocycles. The van der Waals surface area contributed by atoms with Crippen molar-refractivity contribution in [3.05, 3.63) is 11.9 Å². The van der Waals surface area contributed by atoms with Crippen molar-refractivity contribution in [3.8, 4) is 0 Å². The van der Waals surface area contributed by atoms with Crippen LogP contribution in [0.1, 0.15) is 24.4 Å². The van der Waals surface area contributed by atoms with Crippen molar-refractivity contribution in [1.82, 2.24) is 15.0 Å². The minimum absolute atomic E-state index is 0.0141. The van der Waals surface area contributed by atoms with Crippen LogP contribution in [0.25, 0.3) is 0 Å². The third-order valence-electron chi connectivity index (χ3n) is 1.82. The minimum atomic E-state index is -4.61. The van der Waals surface area contributed by atoms with Crippen LogP contribution in [0.3, 0.4) is 0 Å². The van der Waals surface area contributed by atoms with Crippen LogP contribution in [-0.2, 0) is 11.3 Å². The van der Waals surface area contributed by atoms with Crippen LogP contribution in [0.4, 0.5) is 13.2 Å². The smallest absolute Gasteiger partial charge is 0.290 e. The van der Waals surface area contributed by atoms with Crippen LogP contribution in [0.15, 0.2) is 6.20 Å². The molecule has 4 nitrogen and oxygen atoms in total. The van der Waals surface area contributed by atoms with Crippen molar-refractivity contribution in [2.45, 2.75) is 31.6 Å². The number of hydrogen-bond acceptors (Lipinski definition) is 3. The Morgan fingerprint density at radius 3 is 2.81 bits per heavy atom. The van der Waals surface area contributed by atoms with Gasteiger partial charge in [-0.15, -0.1) is 29.9 Å². The zero-order valence-electron chi connectivity index (χ0n) is 8.54. The molecule has 1 atom stereocenters. The van der Waals surface area contributed by atoms with Crippen LogP contribution >= 0.6 is 11.6 Å². The highest BCUT2D eigenvalue weighted by molar-refractivity contribution is 6.20. The number of alkyl halides is 4. The van der Waals surface area contributed by atoms with Gasteiger partial charge in [-0.05, 0) is 6.42 Å². The Hall–Kier alpha value is -0.820. The fraction of sp³-hybridized carbons (Fsp3) is 0.750. The van der Waals surface area contributed by atoms with E-state index < -0.39 is 13.0 Å². The van der Waals surface area contributed by atoms with E-state index in [-0.39, 0.29) is 11.9 Å². The summed E-state index contributed by atoms with van der Waals surface area (Å²) in [5.74, 6) is 0. The molecule has 1 rings (SSSR count). The molecule has 16 heavy (non-hydrogen) atoms. The standard InChI is InChI=1S/C8H11ClF3N3O/c1-2-6(9)7-5-15(14-13-7)3-4-16-8(10,11)12/h5-6H,2-4H2,1H3. The van der Waals surface area contributed by atoms with E-state index in [1.807, 2.05) is 6.92 Å². The van der Waals surface area contributed by atoms with Gasteiger partial charge >= 0.3 is 6.36 Å². The normalized spacial score (nSPS) is 14.1. The molecule has 1 aromatic heterocycles. The fourth-order valence-electron chi connectivity index (χ4n) is 1.03. The lowest BCUT2D eigenvalue weighted by molar-refractivity contribution is -0.325. The molecular weight excluding hydrogens is 247 g/mol. The van der Waals surface area contributed by atoms with Crippen molar-refractivity contribution in [1.29, 1.82) is 0 Å². The summed E-state index contributed by atoms with van der Waals surface area (Å²) in [7, 11) is 0. The molecule has 0 aliphatic carbocycles. The highest BCUT2D eigenvalue weighted by atomic mass is 35.5. The van der Waals surface area contributed by atoms with E-state index in [4.69, 9.17) is 11.6 Å². The maximum absolute atomic E-state index is 11.7. The molecule has 0 aliphatic rings. The molecule has 0 N–H and O–H groups in total. The number of aromatic nitrogens is 3. The first-order valence-corrected chi connectivity index (χ1v) is 5.11. The quantitative estimate of drug-likeness (QED) is 0.761. The number of halogens is 4. The Morgan fingerprint density at radius 2 is 2.25 bits per heavy atom. The second-order valence-electron chi connectivity index (χ2n) is 3.08. The fourth-order valence-corrected chi connectivity index (χ4v) is 1.13. The number of hydrogen-bond donors (Lipinski definition) is 0. The Bertz CT molecular complexity index is 329. The van der Waals surface area contributed by atoms with Gasteiger partial charge in [0.15, 0.2) is 0 Å². The Morgan fingerprint density at radius 1 is 1.56 bits per heavy atom. The monoisotopic (exact) mass is 257 g/mol. The van der Waals surface area contributed by atoms with Crippen molar-refractivity contribution in [2.75, 3.05) is 6.61 Å². The summed E-state index contributed by atoms with van der Waals surface area (Å²) in [6.45, 7) is 1.37. The topological polar surface area (TPSA) is 39.9 Å². The molecule has 0 radical (unpaired) electrons. The summed E-state index contributed by atoms with van der Waals surface area (Å²) in [6, 6.07) is 0. The second kappa shape index (κ2) is 5.49. The molecular formula is C8H11ClF3N3O. The number of nitrogens with zero attached hydrogens (tertiary/aromatic N) is 3. The maximum atomic E-state index is 11.7. The second-order valence-corrected chi connectivity index (χ2v) is 3.60. The Balaban J connectivity index is 2.41. The van der Waals surface area contributed by atoms with E-state index in [1.165, 1.54) is 10.9 Å². The van der Waals surface area contributed by atoms with Crippen LogP contribution in [0.2, 0.25) is 0 Å². The van der Waals surface area contributed by atoms with Crippen LogP contribution in [0.5, 0.6) is 0 Å². The molecule has 1 aromatic rings. The minimum Gasteiger partial charge on any atom is -0.290 e. The average molecular weight is 258 g/mol. The summed E-state index contributed by atoms with van der Waals surface area (Å²) < 4.78 is 39.9. The third kappa shape index (κ3) is 4.36. The lowest BCUT2D eigenvalue weighted by atomic mass is 10.3.